The lowest BCUT2D eigenvalue weighted by Crippen LogP contribution is -2.36. The molecule has 0 aromatic rings. The molecule has 0 rings (SSSR count). The van der Waals surface area contributed by atoms with E-state index in [1.54, 1.807) is 4.90 Å². The summed E-state index contributed by atoms with van der Waals surface area (Å²) in [7, 11) is 0. The highest BCUT2D eigenvalue weighted by atomic mass is 16.7. The average Bonchev–Trinajstić information content (AvgIpc) is 2.96. The van der Waals surface area contributed by atoms with E-state index in [0.29, 0.717) is 45.1 Å². The summed E-state index contributed by atoms with van der Waals surface area (Å²) < 4.78 is 16.6. The monoisotopic (exact) mass is 585 g/mol. The van der Waals surface area contributed by atoms with Gasteiger partial charge in [0.05, 0.1) is 5.92 Å². The predicted octanol–water partition coefficient (Wildman–Crippen LogP) is 9.61. The number of hydrogen-bond donors (Lipinski definition) is 1. The van der Waals surface area contributed by atoms with Crippen molar-refractivity contribution in [2.75, 3.05) is 32.9 Å². The Morgan fingerprint density at radius 1 is 0.634 bits per heavy atom. The molecule has 1 atom stereocenters. The Hall–Kier alpha value is -1.34. The minimum absolute atomic E-state index is 0.0585. The number of carboxylic acids is 1. The maximum absolute atomic E-state index is 13.0. The van der Waals surface area contributed by atoms with Crippen molar-refractivity contribution in [2.24, 2.45) is 11.8 Å². The fourth-order valence-electron chi connectivity index (χ4n) is 5.50. The molecule has 0 spiro atoms. The average molecular weight is 586 g/mol. The van der Waals surface area contributed by atoms with E-state index in [9.17, 15) is 14.7 Å². The number of rotatable bonds is 30. The van der Waals surface area contributed by atoms with E-state index < -0.39 is 12.3 Å². The van der Waals surface area contributed by atoms with Gasteiger partial charge in [-0.2, -0.15) is 0 Å². The van der Waals surface area contributed by atoms with Crippen molar-refractivity contribution in [3.05, 3.63) is 0 Å². The molecular formula is C34H67NO6. The number of amides is 1. The van der Waals surface area contributed by atoms with Gasteiger partial charge in [0, 0.05) is 26.3 Å². The molecule has 41 heavy (non-hydrogen) atoms. The molecule has 1 N–H and O–H groups in total. The van der Waals surface area contributed by atoms with Gasteiger partial charge in [0.25, 0.3) is 0 Å². The van der Waals surface area contributed by atoms with Crippen molar-refractivity contribution in [1.29, 1.82) is 0 Å². The van der Waals surface area contributed by atoms with Gasteiger partial charge in [-0.3, -0.25) is 4.79 Å². The number of hydrogen-bond acceptors (Lipinski definition) is 5. The summed E-state index contributed by atoms with van der Waals surface area (Å²) >= 11 is 0. The van der Waals surface area contributed by atoms with Crippen LogP contribution in [0.1, 0.15) is 157 Å². The van der Waals surface area contributed by atoms with Gasteiger partial charge in [-0.1, -0.05) is 117 Å². The van der Waals surface area contributed by atoms with Crippen LogP contribution in [0.3, 0.4) is 0 Å². The number of carbonyl (C=O) groups excluding carboxylic acids is 1. The number of unbranched alkanes of at least 4 members (excludes halogenated alkanes) is 11. The largest absolute Gasteiger partial charge is 0.481 e. The molecular weight excluding hydrogens is 518 g/mol. The van der Waals surface area contributed by atoms with Crippen LogP contribution >= 0.6 is 0 Å². The van der Waals surface area contributed by atoms with E-state index in [1.165, 1.54) is 77.0 Å². The number of nitrogens with zero attached hydrogens (tertiary/aromatic N) is 1. The molecule has 0 saturated carbocycles. The van der Waals surface area contributed by atoms with Crippen LogP contribution in [0, 0.1) is 11.8 Å². The van der Waals surface area contributed by atoms with Crippen molar-refractivity contribution >= 4 is 12.1 Å². The summed E-state index contributed by atoms with van der Waals surface area (Å²) in [5.74, 6) is -0.578. The van der Waals surface area contributed by atoms with Crippen molar-refractivity contribution in [1.82, 2.24) is 4.90 Å². The lowest BCUT2D eigenvalue weighted by Gasteiger charge is -2.25. The van der Waals surface area contributed by atoms with E-state index in [2.05, 4.69) is 20.8 Å². The number of carbonyl (C=O) groups is 2. The third kappa shape index (κ3) is 22.9. The van der Waals surface area contributed by atoms with E-state index in [-0.39, 0.29) is 18.6 Å². The second-order valence-corrected chi connectivity index (χ2v) is 11.6. The predicted molar refractivity (Wildman–Crippen MR) is 169 cm³/mol. The van der Waals surface area contributed by atoms with Crippen LogP contribution in [0.15, 0.2) is 0 Å². The van der Waals surface area contributed by atoms with Gasteiger partial charge in [-0.15, -0.1) is 0 Å². The van der Waals surface area contributed by atoms with Gasteiger partial charge in [0.15, 0.2) is 6.29 Å². The molecule has 0 aliphatic rings. The zero-order chi connectivity index (χ0) is 30.6. The molecule has 0 fully saturated rings. The summed E-state index contributed by atoms with van der Waals surface area (Å²) in [6.45, 7) is 12.6. The van der Waals surface area contributed by atoms with E-state index in [0.717, 1.165) is 32.1 Å². The first-order valence-corrected chi connectivity index (χ1v) is 17.3. The topological polar surface area (TPSA) is 85.3 Å². The number of aliphatic carboxylic acids is 1. The molecule has 0 heterocycles. The van der Waals surface area contributed by atoms with Gasteiger partial charge < -0.3 is 24.2 Å². The van der Waals surface area contributed by atoms with Crippen LogP contribution in [0.25, 0.3) is 0 Å². The van der Waals surface area contributed by atoms with Gasteiger partial charge in [0.2, 0.25) is 0 Å². The first-order chi connectivity index (χ1) is 19.9. The van der Waals surface area contributed by atoms with E-state index in [1.807, 2.05) is 13.8 Å². The van der Waals surface area contributed by atoms with Crippen LogP contribution in [0.2, 0.25) is 0 Å². The van der Waals surface area contributed by atoms with Crippen molar-refractivity contribution in [2.45, 2.75) is 163 Å². The van der Waals surface area contributed by atoms with E-state index >= 15 is 0 Å². The van der Waals surface area contributed by atoms with Gasteiger partial charge in [0.1, 0.15) is 6.61 Å². The highest BCUT2D eigenvalue weighted by Crippen LogP contribution is 2.28. The third-order valence-electron chi connectivity index (χ3n) is 7.97. The minimum Gasteiger partial charge on any atom is -0.481 e. The lowest BCUT2D eigenvalue weighted by molar-refractivity contribution is -0.158. The quantitative estimate of drug-likeness (QED) is 0.0667. The Kier molecular flexibility index (Phi) is 27.8. The lowest BCUT2D eigenvalue weighted by atomic mass is 9.84. The third-order valence-corrected chi connectivity index (χ3v) is 7.97. The van der Waals surface area contributed by atoms with Gasteiger partial charge in [-0.25, -0.2) is 4.79 Å². The molecule has 7 heteroatoms. The molecule has 0 saturated heterocycles. The number of ether oxygens (including phenoxy) is 3. The van der Waals surface area contributed by atoms with Gasteiger partial charge in [-0.05, 0) is 45.4 Å². The fraction of sp³-hybridized carbons (Fsp3) is 0.941. The van der Waals surface area contributed by atoms with Crippen molar-refractivity contribution in [3.63, 3.8) is 0 Å². The Bertz CT molecular complexity index is 584. The highest BCUT2D eigenvalue weighted by Gasteiger charge is 2.24. The van der Waals surface area contributed by atoms with Crippen LogP contribution in [-0.4, -0.2) is 61.3 Å². The zero-order valence-corrected chi connectivity index (χ0v) is 27.6. The summed E-state index contributed by atoms with van der Waals surface area (Å²) in [6, 6.07) is 0. The summed E-state index contributed by atoms with van der Waals surface area (Å²) in [5, 5.41) is 10.1. The first kappa shape index (κ1) is 39.7. The zero-order valence-electron chi connectivity index (χ0n) is 27.6. The Morgan fingerprint density at radius 3 is 1.63 bits per heavy atom. The summed E-state index contributed by atoms with van der Waals surface area (Å²) in [6.07, 6.45) is 20.0. The SMILES string of the molecule is CCCCCCCCN(CCCC(CC(CCCCCC)CCCCCC)C(=O)O)C(=O)OCC(OCC)OCC. The summed E-state index contributed by atoms with van der Waals surface area (Å²) in [4.78, 5) is 27.1. The second kappa shape index (κ2) is 28.8. The minimum atomic E-state index is -0.696. The Labute approximate surface area is 253 Å². The molecule has 7 nitrogen and oxygen atoms in total. The molecule has 0 aromatic heterocycles. The van der Waals surface area contributed by atoms with Crippen LogP contribution < -0.4 is 0 Å². The fourth-order valence-corrected chi connectivity index (χ4v) is 5.50. The standard InChI is InChI=1S/C34H67NO6/c1-6-11-14-17-18-21-26-35(34(38)41-29-32(39-9-4)40-10-5)27-22-25-31(33(36)37)28-30(23-19-15-12-7-2)24-20-16-13-8-3/h30-32H,6-29H2,1-5H3,(H,36,37). The van der Waals surface area contributed by atoms with Gasteiger partial charge >= 0.3 is 12.1 Å². The molecule has 0 bridgehead atoms. The van der Waals surface area contributed by atoms with Crippen LogP contribution in [0.5, 0.6) is 0 Å². The first-order valence-electron chi connectivity index (χ1n) is 17.3. The maximum atomic E-state index is 13.0. The van der Waals surface area contributed by atoms with Crippen LogP contribution in [0.4, 0.5) is 4.79 Å². The Balaban J connectivity index is 5.07. The summed E-state index contributed by atoms with van der Waals surface area (Å²) in [5.41, 5.74) is 0. The molecule has 244 valence electrons. The molecule has 0 aromatic carbocycles. The van der Waals surface area contributed by atoms with Crippen molar-refractivity contribution in [3.8, 4) is 0 Å². The highest BCUT2D eigenvalue weighted by molar-refractivity contribution is 5.70. The van der Waals surface area contributed by atoms with E-state index in [4.69, 9.17) is 14.2 Å². The number of carboxylic acid groups (broad SMARTS) is 1. The van der Waals surface area contributed by atoms with Crippen LogP contribution in [-0.2, 0) is 19.0 Å². The normalized spacial score (nSPS) is 12.3. The molecule has 1 unspecified atom stereocenters. The second-order valence-electron chi connectivity index (χ2n) is 11.6. The molecule has 0 radical (unpaired) electrons. The molecule has 1 amide bonds. The Morgan fingerprint density at radius 2 is 1.12 bits per heavy atom. The molecule has 0 aliphatic carbocycles. The molecule has 0 aliphatic heterocycles. The smallest absolute Gasteiger partial charge is 0.409 e. The van der Waals surface area contributed by atoms with Crippen molar-refractivity contribution < 1.29 is 28.9 Å². The maximum Gasteiger partial charge on any atom is 0.409 e.